The van der Waals surface area contributed by atoms with Gasteiger partial charge in [0.15, 0.2) is 5.69 Å². The van der Waals surface area contributed by atoms with Crippen LogP contribution in [0.5, 0.6) is 0 Å². The van der Waals surface area contributed by atoms with Gasteiger partial charge in [0.1, 0.15) is 5.39 Å². The van der Waals surface area contributed by atoms with Gasteiger partial charge in [0, 0.05) is 38.6 Å². The summed E-state index contributed by atoms with van der Waals surface area (Å²) < 4.78 is 46.9. The number of nitrogens with one attached hydrogen (secondary N) is 1. The molecular formula is C24H31F3N8O3. The minimum atomic E-state index is -4.79. The monoisotopic (exact) mass is 536 g/mol. The van der Waals surface area contributed by atoms with Crippen molar-refractivity contribution in [3.8, 4) is 0 Å². The Morgan fingerprint density at radius 1 is 1.11 bits per heavy atom. The summed E-state index contributed by atoms with van der Waals surface area (Å²) in [4.78, 5) is 37.4. The third kappa shape index (κ3) is 5.95. The van der Waals surface area contributed by atoms with Gasteiger partial charge in [-0.2, -0.15) is 23.4 Å². The summed E-state index contributed by atoms with van der Waals surface area (Å²) in [6.07, 6.45) is 0.142. The van der Waals surface area contributed by atoms with Crippen LogP contribution in [0.4, 0.5) is 19.1 Å². The van der Waals surface area contributed by atoms with Crippen molar-refractivity contribution in [1.82, 2.24) is 34.8 Å². The van der Waals surface area contributed by atoms with E-state index < -0.39 is 28.9 Å². The maximum atomic E-state index is 13.4. The maximum Gasteiger partial charge on any atom is 0.435 e. The first-order valence-corrected chi connectivity index (χ1v) is 12.3. The SMILES string of the molecule is CC(COCCC(=O)N1CCN(c2ncc(C(C)(C)C)cn2)CC1)n1nc(C(F)(F)F)c2c(=O)[nH]ncc21. The molecule has 0 aromatic carbocycles. The van der Waals surface area contributed by atoms with Gasteiger partial charge in [-0.05, 0) is 17.9 Å². The highest BCUT2D eigenvalue weighted by Gasteiger charge is 2.38. The summed E-state index contributed by atoms with van der Waals surface area (Å²) in [7, 11) is 0. The number of amides is 1. The predicted molar refractivity (Wildman–Crippen MR) is 133 cm³/mol. The third-order valence-electron chi connectivity index (χ3n) is 6.45. The number of piperazine rings is 1. The predicted octanol–water partition coefficient (Wildman–Crippen LogP) is 2.54. The van der Waals surface area contributed by atoms with Crippen molar-refractivity contribution in [2.75, 3.05) is 44.3 Å². The zero-order valence-electron chi connectivity index (χ0n) is 21.7. The number of anilines is 1. The molecule has 1 N–H and O–H groups in total. The fourth-order valence-corrected chi connectivity index (χ4v) is 4.21. The highest BCUT2D eigenvalue weighted by atomic mass is 19.4. The van der Waals surface area contributed by atoms with E-state index in [0.717, 1.165) is 16.4 Å². The fourth-order valence-electron chi connectivity index (χ4n) is 4.21. The Morgan fingerprint density at radius 2 is 1.76 bits per heavy atom. The van der Waals surface area contributed by atoms with Crippen molar-refractivity contribution in [1.29, 1.82) is 0 Å². The largest absolute Gasteiger partial charge is 0.435 e. The van der Waals surface area contributed by atoms with Gasteiger partial charge in [-0.3, -0.25) is 14.3 Å². The van der Waals surface area contributed by atoms with Gasteiger partial charge in [0.2, 0.25) is 11.9 Å². The number of carbonyl (C=O) groups is 1. The van der Waals surface area contributed by atoms with Crippen LogP contribution < -0.4 is 10.5 Å². The minimum Gasteiger partial charge on any atom is -0.379 e. The van der Waals surface area contributed by atoms with E-state index in [0.29, 0.717) is 32.1 Å². The summed E-state index contributed by atoms with van der Waals surface area (Å²) in [6.45, 7) is 10.3. The van der Waals surface area contributed by atoms with E-state index in [-0.39, 0.29) is 36.5 Å². The molecule has 206 valence electrons. The molecule has 0 spiro atoms. The number of carbonyl (C=O) groups excluding carboxylic acids is 1. The van der Waals surface area contributed by atoms with Gasteiger partial charge in [-0.25, -0.2) is 15.1 Å². The lowest BCUT2D eigenvalue weighted by Crippen LogP contribution is -2.49. The Morgan fingerprint density at radius 3 is 2.37 bits per heavy atom. The third-order valence-corrected chi connectivity index (χ3v) is 6.45. The van der Waals surface area contributed by atoms with Crippen LogP contribution in [0, 0.1) is 0 Å². The van der Waals surface area contributed by atoms with Crippen LogP contribution in [0.15, 0.2) is 23.4 Å². The van der Waals surface area contributed by atoms with Gasteiger partial charge < -0.3 is 14.5 Å². The van der Waals surface area contributed by atoms with Crippen LogP contribution in [0.2, 0.25) is 0 Å². The molecule has 0 bridgehead atoms. The molecule has 1 fully saturated rings. The van der Waals surface area contributed by atoms with E-state index in [9.17, 15) is 22.8 Å². The van der Waals surface area contributed by atoms with E-state index in [1.807, 2.05) is 22.4 Å². The number of aromatic amines is 1. The van der Waals surface area contributed by atoms with Gasteiger partial charge >= 0.3 is 6.18 Å². The standard InChI is InChI=1S/C24H31F3N8O3/c1-15(35-17-13-30-31-21(37)19(17)20(32-35)24(25,26)27)14-38-10-5-18(36)33-6-8-34(9-7-33)22-28-11-16(12-29-22)23(2,3)4/h11-13,15H,5-10,14H2,1-4H3,(H,31,37). The zero-order valence-corrected chi connectivity index (χ0v) is 21.7. The number of H-pyrrole nitrogens is 1. The maximum absolute atomic E-state index is 13.4. The Bertz CT molecular complexity index is 1320. The van der Waals surface area contributed by atoms with Crippen LogP contribution >= 0.6 is 0 Å². The second-order valence-electron chi connectivity index (χ2n) is 10.3. The molecule has 0 aliphatic carbocycles. The van der Waals surface area contributed by atoms with E-state index >= 15 is 0 Å². The number of fused-ring (bicyclic) bond motifs is 1. The first-order valence-electron chi connectivity index (χ1n) is 12.3. The molecule has 1 unspecified atom stereocenters. The second-order valence-corrected chi connectivity index (χ2v) is 10.3. The molecule has 4 rings (SSSR count). The number of hydrogen-bond acceptors (Lipinski definition) is 8. The second kappa shape index (κ2) is 10.7. The molecule has 1 aliphatic heterocycles. The fraction of sp³-hybridized carbons (Fsp3) is 0.583. The van der Waals surface area contributed by atoms with Gasteiger partial charge in [-0.15, -0.1) is 0 Å². The number of rotatable bonds is 7. The summed E-state index contributed by atoms with van der Waals surface area (Å²) in [5.74, 6) is 0.570. The van der Waals surface area contributed by atoms with Crippen molar-refractivity contribution < 1.29 is 22.7 Å². The Balaban J connectivity index is 1.26. The average molecular weight is 537 g/mol. The smallest absolute Gasteiger partial charge is 0.379 e. The summed E-state index contributed by atoms with van der Waals surface area (Å²) >= 11 is 0. The molecule has 1 atom stereocenters. The van der Waals surface area contributed by atoms with Crippen LogP contribution in [-0.2, 0) is 21.1 Å². The van der Waals surface area contributed by atoms with Crippen molar-refractivity contribution in [2.45, 2.75) is 51.7 Å². The van der Waals surface area contributed by atoms with Crippen LogP contribution in [0.25, 0.3) is 10.9 Å². The first kappa shape index (κ1) is 27.5. The normalized spacial score (nSPS) is 15.8. The lowest BCUT2D eigenvalue weighted by molar-refractivity contribution is -0.140. The number of halogens is 3. The van der Waals surface area contributed by atoms with E-state index in [2.05, 4.69) is 40.9 Å². The molecule has 3 aromatic heterocycles. The molecule has 38 heavy (non-hydrogen) atoms. The van der Waals surface area contributed by atoms with Gasteiger partial charge in [-0.1, -0.05) is 20.8 Å². The molecule has 14 heteroatoms. The summed E-state index contributed by atoms with van der Waals surface area (Å²) in [5, 5.41) is 8.66. The van der Waals surface area contributed by atoms with Crippen molar-refractivity contribution in [3.05, 3.63) is 40.2 Å². The topological polar surface area (TPSA) is 122 Å². The van der Waals surface area contributed by atoms with Crippen LogP contribution in [-0.4, -0.2) is 80.1 Å². The lowest BCUT2D eigenvalue weighted by atomic mass is 9.89. The first-order chi connectivity index (χ1) is 17.9. The van der Waals surface area contributed by atoms with Crippen LogP contribution in [0.1, 0.15) is 51.4 Å². The molecular weight excluding hydrogens is 505 g/mol. The lowest BCUT2D eigenvalue weighted by Gasteiger charge is -2.35. The van der Waals surface area contributed by atoms with Crippen LogP contribution in [0.3, 0.4) is 0 Å². The number of nitrogens with zero attached hydrogens (tertiary/aromatic N) is 7. The number of aromatic nitrogens is 6. The van der Waals surface area contributed by atoms with E-state index in [1.54, 1.807) is 11.8 Å². The summed E-state index contributed by atoms with van der Waals surface area (Å²) in [6, 6.07) is -0.625. The van der Waals surface area contributed by atoms with E-state index in [1.165, 1.54) is 0 Å². The number of ether oxygens (including phenoxy) is 1. The molecule has 0 saturated carbocycles. The molecule has 4 heterocycles. The van der Waals surface area contributed by atoms with Gasteiger partial charge in [0.05, 0.1) is 37.4 Å². The van der Waals surface area contributed by atoms with Crippen molar-refractivity contribution in [2.24, 2.45) is 0 Å². The van der Waals surface area contributed by atoms with Gasteiger partial charge in [0.25, 0.3) is 5.56 Å². The number of hydrogen-bond donors (Lipinski definition) is 1. The molecule has 1 saturated heterocycles. The van der Waals surface area contributed by atoms with Crippen molar-refractivity contribution in [3.63, 3.8) is 0 Å². The average Bonchev–Trinajstić information content (AvgIpc) is 3.28. The highest BCUT2D eigenvalue weighted by Crippen LogP contribution is 2.33. The minimum absolute atomic E-state index is 0.00380. The number of alkyl halides is 3. The quantitative estimate of drug-likeness (QED) is 0.457. The van der Waals surface area contributed by atoms with E-state index in [4.69, 9.17) is 4.74 Å². The molecule has 11 nitrogen and oxygen atoms in total. The molecule has 1 aliphatic rings. The Kier molecular flexibility index (Phi) is 7.72. The molecule has 3 aromatic rings. The zero-order chi connectivity index (χ0) is 27.7. The summed E-state index contributed by atoms with van der Waals surface area (Å²) in [5.41, 5.74) is -1.25. The highest BCUT2D eigenvalue weighted by molar-refractivity contribution is 5.80. The molecule has 1 amide bonds. The molecule has 0 radical (unpaired) electrons. The Labute approximate surface area is 217 Å². The van der Waals surface area contributed by atoms with Crippen molar-refractivity contribution >= 4 is 22.8 Å². The Hall–Kier alpha value is -3.55.